The molecule has 1 saturated heterocycles. The third-order valence-corrected chi connectivity index (χ3v) is 4.12. The van der Waals surface area contributed by atoms with Gasteiger partial charge in [-0.1, -0.05) is 29.5 Å². The molecule has 1 aliphatic heterocycles. The van der Waals surface area contributed by atoms with Crippen LogP contribution >= 0.6 is 0 Å². The van der Waals surface area contributed by atoms with Crippen LogP contribution in [0.2, 0.25) is 0 Å². The maximum absolute atomic E-state index is 10.6. The van der Waals surface area contributed by atoms with Gasteiger partial charge in [-0.3, -0.25) is 4.90 Å². The Balaban J connectivity index is 1.63. The molecule has 1 atom stereocenters. The number of hydrogen-bond donors (Lipinski definition) is 2. The first kappa shape index (κ1) is 15.4. The highest BCUT2D eigenvalue weighted by Gasteiger charge is 2.25. The highest BCUT2D eigenvalue weighted by molar-refractivity contribution is 5.85. The molecule has 1 unspecified atom stereocenters. The first-order chi connectivity index (χ1) is 11.2. The largest absolute Gasteiger partial charge is 0.478 e. The lowest BCUT2D eigenvalue weighted by atomic mass is 10.0. The van der Waals surface area contributed by atoms with Gasteiger partial charge in [0, 0.05) is 25.1 Å². The van der Waals surface area contributed by atoms with Crippen molar-refractivity contribution in [2.75, 3.05) is 13.1 Å². The summed E-state index contributed by atoms with van der Waals surface area (Å²) < 4.78 is 0. The van der Waals surface area contributed by atoms with Crippen LogP contribution in [0.4, 0.5) is 0 Å². The molecule has 1 fully saturated rings. The van der Waals surface area contributed by atoms with Crippen LogP contribution in [0.15, 0.2) is 30.3 Å². The average Bonchev–Trinajstić information content (AvgIpc) is 3.22. The third kappa shape index (κ3) is 4.01. The van der Waals surface area contributed by atoms with Crippen molar-refractivity contribution in [3.05, 3.63) is 47.3 Å². The van der Waals surface area contributed by atoms with E-state index in [4.69, 9.17) is 5.11 Å². The topological polar surface area (TPSA) is 95.0 Å². The molecule has 23 heavy (non-hydrogen) atoms. The summed E-state index contributed by atoms with van der Waals surface area (Å²) in [5.74, 6) is -0.192. The van der Waals surface area contributed by atoms with Crippen molar-refractivity contribution in [1.29, 1.82) is 0 Å². The fourth-order valence-electron chi connectivity index (χ4n) is 3.00. The second-order valence-corrected chi connectivity index (χ2v) is 5.61. The molecule has 7 nitrogen and oxygen atoms in total. The molecule has 3 rings (SSSR count). The van der Waals surface area contributed by atoms with Gasteiger partial charge < -0.3 is 5.11 Å². The minimum Gasteiger partial charge on any atom is -0.478 e. The van der Waals surface area contributed by atoms with E-state index in [2.05, 4.69) is 37.7 Å². The van der Waals surface area contributed by atoms with E-state index in [1.807, 2.05) is 12.1 Å². The molecular formula is C16H19N5O2. The molecule has 2 heterocycles. The zero-order valence-corrected chi connectivity index (χ0v) is 12.7. The number of aliphatic carboxylic acids is 1. The van der Waals surface area contributed by atoms with Gasteiger partial charge in [0.2, 0.25) is 0 Å². The lowest BCUT2D eigenvalue weighted by molar-refractivity contribution is -0.131. The number of carboxylic acid groups (broad SMARTS) is 1. The maximum atomic E-state index is 10.6. The Kier molecular flexibility index (Phi) is 4.77. The summed E-state index contributed by atoms with van der Waals surface area (Å²) in [6, 6.07) is 8.49. The summed E-state index contributed by atoms with van der Waals surface area (Å²) in [4.78, 5) is 13.0. The van der Waals surface area contributed by atoms with Crippen LogP contribution in [-0.4, -0.2) is 49.7 Å². The molecule has 0 bridgehead atoms. The standard InChI is InChI=1S/C16H19N5O2/c22-16(23)8-5-12-3-6-13(7-4-12)14-2-1-10-21(14)11-9-15-17-19-20-18-15/h3-8,14H,1-2,9-11H2,(H,22,23)(H,17,18,19,20)/b8-5+. The Morgan fingerprint density at radius 3 is 2.91 bits per heavy atom. The molecule has 0 amide bonds. The molecule has 1 aromatic carbocycles. The van der Waals surface area contributed by atoms with Crippen LogP contribution in [0.25, 0.3) is 6.08 Å². The van der Waals surface area contributed by atoms with E-state index in [0.29, 0.717) is 6.04 Å². The van der Waals surface area contributed by atoms with E-state index in [9.17, 15) is 4.79 Å². The quantitative estimate of drug-likeness (QED) is 0.788. The number of likely N-dealkylation sites (tertiary alicyclic amines) is 1. The fraction of sp³-hybridized carbons (Fsp3) is 0.375. The van der Waals surface area contributed by atoms with Crippen molar-refractivity contribution in [3.63, 3.8) is 0 Å². The maximum Gasteiger partial charge on any atom is 0.328 e. The molecule has 120 valence electrons. The summed E-state index contributed by atoms with van der Waals surface area (Å²) in [6.45, 7) is 1.98. The molecule has 1 aliphatic rings. The Morgan fingerprint density at radius 2 is 2.22 bits per heavy atom. The highest BCUT2D eigenvalue weighted by atomic mass is 16.4. The minimum atomic E-state index is -0.933. The van der Waals surface area contributed by atoms with E-state index in [1.54, 1.807) is 6.08 Å². The van der Waals surface area contributed by atoms with Gasteiger partial charge in [0.1, 0.15) is 0 Å². The van der Waals surface area contributed by atoms with Crippen molar-refractivity contribution in [2.45, 2.75) is 25.3 Å². The normalized spacial score (nSPS) is 18.7. The average molecular weight is 313 g/mol. The number of carbonyl (C=O) groups is 1. The van der Waals surface area contributed by atoms with E-state index in [-0.39, 0.29) is 0 Å². The molecule has 7 heteroatoms. The number of tetrazole rings is 1. The molecule has 0 aliphatic carbocycles. The van der Waals surface area contributed by atoms with Crippen LogP contribution in [0.1, 0.15) is 35.8 Å². The third-order valence-electron chi connectivity index (χ3n) is 4.12. The van der Waals surface area contributed by atoms with Gasteiger partial charge >= 0.3 is 5.97 Å². The Hall–Kier alpha value is -2.54. The number of aromatic amines is 1. The number of aromatic nitrogens is 4. The molecule has 2 aromatic rings. The van der Waals surface area contributed by atoms with Gasteiger partial charge in [-0.2, -0.15) is 5.21 Å². The zero-order valence-electron chi connectivity index (χ0n) is 12.7. The first-order valence-electron chi connectivity index (χ1n) is 7.70. The van der Waals surface area contributed by atoms with Crippen LogP contribution < -0.4 is 0 Å². The van der Waals surface area contributed by atoms with Crippen molar-refractivity contribution in [1.82, 2.24) is 25.5 Å². The first-order valence-corrected chi connectivity index (χ1v) is 7.70. The monoisotopic (exact) mass is 313 g/mol. The van der Waals surface area contributed by atoms with E-state index >= 15 is 0 Å². The summed E-state index contributed by atoms with van der Waals surface area (Å²) in [7, 11) is 0. The minimum absolute atomic E-state index is 0.402. The summed E-state index contributed by atoms with van der Waals surface area (Å²) in [5.41, 5.74) is 2.16. The second-order valence-electron chi connectivity index (χ2n) is 5.61. The Morgan fingerprint density at radius 1 is 1.39 bits per heavy atom. The van der Waals surface area contributed by atoms with Gasteiger partial charge in [-0.25, -0.2) is 4.79 Å². The number of nitrogens with zero attached hydrogens (tertiary/aromatic N) is 4. The zero-order chi connectivity index (χ0) is 16.1. The predicted octanol–water partition coefficient (Wildman–Crippen LogP) is 1.68. The Bertz CT molecular complexity index is 666. The molecule has 2 N–H and O–H groups in total. The number of benzene rings is 1. The summed E-state index contributed by atoms with van der Waals surface area (Å²) >= 11 is 0. The summed E-state index contributed by atoms with van der Waals surface area (Å²) in [6.07, 6.45) is 5.86. The SMILES string of the molecule is O=C(O)/C=C/c1ccc(C2CCCN2CCc2nn[nH]n2)cc1. The van der Waals surface area contributed by atoms with Gasteiger partial charge in [0.15, 0.2) is 5.82 Å². The van der Waals surface area contributed by atoms with Crippen molar-refractivity contribution in [3.8, 4) is 0 Å². The second kappa shape index (κ2) is 7.15. The molecule has 0 radical (unpaired) electrons. The van der Waals surface area contributed by atoms with Crippen LogP contribution in [-0.2, 0) is 11.2 Å². The van der Waals surface area contributed by atoms with Gasteiger partial charge in [-0.05, 0) is 36.6 Å². The lowest BCUT2D eigenvalue weighted by Crippen LogP contribution is -2.26. The van der Waals surface area contributed by atoms with Crippen LogP contribution in [0.3, 0.4) is 0 Å². The molecule has 1 aromatic heterocycles. The summed E-state index contributed by atoms with van der Waals surface area (Å²) in [5, 5.41) is 22.7. The lowest BCUT2D eigenvalue weighted by Gasteiger charge is -2.24. The molecule has 0 spiro atoms. The van der Waals surface area contributed by atoms with Gasteiger partial charge in [0.25, 0.3) is 0 Å². The van der Waals surface area contributed by atoms with Gasteiger partial charge in [-0.15, -0.1) is 10.2 Å². The number of hydrogen-bond acceptors (Lipinski definition) is 5. The van der Waals surface area contributed by atoms with Crippen LogP contribution in [0.5, 0.6) is 0 Å². The van der Waals surface area contributed by atoms with E-state index in [0.717, 1.165) is 43.4 Å². The molecule has 0 saturated carbocycles. The molecular weight excluding hydrogens is 294 g/mol. The number of nitrogens with one attached hydrogen (secondary N) is 1. The number of rotatable bonds is 6. The van der Waals surface area contributed by atoms with Crippen molar-refractivity contribution >= 4 is 12.0 Å². The highest BCUT2D eigenvalue weighted by Crippen LogP contribution is 2.31. The smallest absolute Gasteiger partial charge is 0.328 e. The predicted molar refractivity (Wildman–Crippen MR) is 84.5 cm³/mol. The van der Waals surface area contributed by atoms with Crippen LogP contribution in [0, 0.1) is 0 Å². The van der Waals surface area contributed by atoms with Gasteiger partial charge in [0.05, 0.1) is 0 Å². The fourth-order valence-corrected chi connectivity index (χ4v) is 3.00. The van der Waals surface area contributed by atoms with Crippen molar-refractivity contribution in [2.24, 2.45) is 0 Å². The number of carboxylic acids is 1. The van der Waals surface area contributed by atoms with E-state index < -0.39 is 5.97 Å². The van der Waals surface area contributed by atoms with Crippen molar-refractivity contribution < 1.29 is 9.90 Å². The van der Waals surface area contributed by atoms with E-state index in [1.165, 1.54) is 12.0 Å². The Labute approximate surface area is 134 Å². The number of H-pyrrole nitrogens is 1.